The van der Waals surface area contributed by atoms with Crippen LogP contribution in [0.1, 0.15) is 27.4 Å². The summed E-state index contributed by atoms with van der Waals surface area (Å²) >= 11 is 0. The molecule has 0 fully saturated rings. The van der Waals surface area contributed by atoms with Crippen molar-refractivity contribution in [1.82, 2.24) is 4.90 Å². The smallest absolute Gasteiger partial charge is 0.258 e. The number of amides is 1. The molecule has 0 bridgehead atoms. The van der Waals surface area contributed by atoms with Crippen LogP contribution in [0, 0.1) is 13.8 Å². The predicted molar refractivity (Wildman–Crippen MR) is 81.8 cm³/mol. The SMILES string of the molecule is Cc1oc(C)c(S(N)(=O)=O)c1C(=O)N(C)Cc1ccccc1. The second kappa shape index (κ2) is 5.94. The van der Waals surface area contributed by atoms with Crippen LogP contribution in [0.25, 0.3) is 0 Å². The lowest BCUT2D eigenvalue weighted by Gasteiger charge is -2.17. The number of benzene rings is 1. The number of hydrogen-bond donors (Lipinski definition) is 1. The Morgan fingerprint density at radius 3 is 2.32 bits per heavy atom. The number of rotatable bonds is 4. The third-order valence-corrected chi connectivity index (χ3v) is 4.37. The summed E-state index contributed by atoms with van der Waals surface area (Å²) in [5.74, 6) is -0.0786. The van der Waals surface area contributed by atoms with Crippen LogP contribution in [0.5, 0.6) is 0 Å². The zero-order valence-electron chi connectivity index (χ0n) is 12.7. The number of sulfonamides is 1. The number of nitrogens with two attached hydrogens (primary N) is 1. The van der Waals surface area contributed by atoms with Crippen molar-refractivity contribution in [2.45, 2.75) is 25.3 Å². The number of nitrogens with zero attached hydrogens (tertiary/aromatic N) is 1. The van der Waals surface area contributed by atoms with Crippen LogP contribution in [0.4, 0.5) is 0 Å². The van der Waals surface area contributed by atoms with Crippen LogP contribution >= 0.6 is 0 Å². The fourth-order valence-corrected chi connectivity index (χ4v) is 3.33. The Balaban J connectivity index is 2.38. The van der Waals surface area contributed by atoms with Gasteiger partial charge in [0.1, 0.15) is 22.0 Å². The number of carbonyl (C=O) groups is 1. The van der Waals surface area contributed by atoms with Crippen molar-refractivity contribution in [3.05, 3.63) is 53.0 Å². The van der Waals surface area contributed by atoms with Crippen molar-refractivity contribution >= 4 is 15.9 Å². The van der Waals surface area contributed by atoms with Gasteiger partial charge in [0.15, 0.2) is 0 Å². The van der Waals surface area contributed by atoms with Gasteiger partial charge in [0.2, 0.25) is 10.0 Å². The van der Waals surface area contributed by atoms with E-state index in [0.717, 1.165) is 5.56 Å². The van der Waals surface area contributed by atoms with Crippen molar-refractivity contribution in [3.63, 3.8) is 0 Å². The third-order valence-electron chi connectivity index (χ3n) is 3.31. The highest BCUT2D eigenvalue weighted by molar-refractivity contribution is 7.89. The van der Waals surface area contributed by atoms with Gasteiger partial charge >= 0.3 is 0 Å². The first-order chi connectivity index (χ1) is 10.2. The van der Waals surface area contributed by atoms with E-state index in [4.69, 9.17) is 9.56 Å². The maximum atomic E-state index is 12.6. The van der Waals surface area contributed by atoms with Crippen molar-refractivity contribution < 1.29 is 17.6 Å². The molecule has 7 heteroatoms. The van der Waals surface area contributed by atoms with Gasteiger partial charge in [-0.05, 0) is 19.4 Å². The number of primary sulfonamides is 1. The van der Waals surface area contributed by atoms with Crippen LogP contribution < -0.4 is 5.14 Å². The summed E-state index contributed by atoms with van der Waals surface area (Å²) in [6.45, 7) is 3.37. The lowest BCUT2D eigenvalue weighted by atomic mass is 10.2. The summed E-state index contributed by atoms with van der Waals surface area (Å²) in [6, 6.07) is 9.40. The highest BCUT2D eigenvalue weighted by Gasteiger charge is 2.30. The Hall–Kier alpha value is -2.12. The molecule has 1 heterocycles. The fraction of sp³-hybridized carbons (Fsp3) is 0.267. The topological polar surface area (TPSA) is 93.6 Å². The highest BCUT2D eigenvalue weighted by atomic mass is 32.2. The minimum absolute atomic E-state index is 0.00145. The van der Waals surface area contributed by atoms with Gasteiger partial charge in [-0.3, -0.25) is 4.79 Å². The average molecular weight is 322 g/mol. The molecule has 118 valence electrons. The van der Waals surface area contributed by atoms with E-state index in [-0.39, 0.29) is 22.0 Å². The molecule has 0 spiro atoms. The van der Waals surface area contributed by atoms with E-state index in [1.807, 2.05) is 30.3 Å². The molecule has 2 N–H and O–H groups in total. The summed E-state index contributed by atoms with van der Waals surface area (Å²) in [6.07, 6.45) is 0. The molecule has 0 aliphatic heterocycles. The zero-order valence-corrected chi connectivity index (χ0v) is 13.5. The first kappa shape index (κ1) is 16.3. The van der Waals surface area contributed by atoms with Crippen molar-refractivity contribution in [2.24, 2.45) is 5.14 Å². The van der Waals surface area contributed by atoms with Crippen LogP contribution in [-0.4, -0.2) is 26.3 Å². The van der Waals surface area contributed by atoms with Gasteiger partial charge in [-0.15, -0.1) is 0 Å². The van der Waals surface area contributed by atoms with Gasteiger partial charge in [-0.2, -0.15) is 0 Å². The quantitative estimate of drug-likeness (QED) is 0.929. The van der Waals surface area contributed by atoms with Crippen LogP contribution in [0.2, 0.25) is 0 Å². The summed E-state index contributed by atoms with van der Waals surface area (Å²) in [5.41, 5.74) is 0.937. The Bertz CT molecular complexity index is 794. The molecule has 0 aliphatic carbocycles. The molecule has 0 aliphatic rings. The molecular formula is C15H18N2O4S. The molecular weight excluding hydrogens is 304 g/mol. The lowest BCUT2D eigenvalue weighted by molar-refractivity contribution is 0.0780. The molecule has 0 unspecified atom stereocenters. The Labute approximate surface area is 129 Å². The molecule has 6 nitrogen and oxygen atoms in total. The second-order valence-corrected chi connectivity index (χ2v) is 6.61. The number of aryl methyl sites for hydroxylation is 2. The molecule has 2 rings (SSSR count). The van der Waals surface area contributed by atoms with Crippen molar-refractivity contribution in [1.29, 1.82) is 0 Å². The molecule has 1 aromatic carbocycles. The summed E-state index contributed by atoms with van der Waals surface area (Å²) < 4.78 is 28.7. The Morgan fingerprint density at radius 1 is 1.18 bits per heavy atom. The minimum atomic E-state index is -4.04. The normalized spacial score (nSPS) is 11.5. The van der Waals surface area contributed by atoms with E-state index >= 15 is 0 Å². The number of hydrogen-bond acceptors (Lipinski definition) is 4. The Morgan fingerprint density at radius 2 is 1.77 bits per heavy atom. The molecule has 0 atom stereocenters. The molecule has 0 saturated heterocycles. The van der Waals surface area contributed by atoms with Crippen LogP contribution in [0.3, 0.4) is 0 Å². The molecule has 0 saturated carbocycles. The van der Waals surface area contributed by atoms with E-state index in [9.17, 15) is 13.2 Å². The van der Waals surface area contributed by atoms with Crippen molar-refractivity contribution in [3.8, 4) is 0 Å². The maximum Gasteiger partial charge on any atom is 0.258 e. The van der Waals surface area contributed by atoms with E-state index in [2.05, 4.69) is 0 Å². The van der Waals surface area contributed by atoms with E-state index in [1.54, 1.807) is 14.0 Å². The second-order valence-electron chi connectivity index (χ2n) is 5.11. The fourth-order valence-electron chi connectivity index (χ4n) is 2.37. The van der Waals surface area contributed by atoms with Gasteiger partial charge in [-0.1, -0.05) is 30.3 Å². The molecule has 2 aromatic rings. The standard InChI is InChI=1S/C15H18N2O4S/c1-10-13(14(11(2)21-10)22(16,19)20)15(18)17(3)9-12-7-5-4-6-8-12/h4-8H,9H2,1-3H3,(H2,16,19,20). The molecule has 1 aromatic heterocycles. The highest BCUT2D eigenvalue weighted by Crippen LogP contribution is 2.27. The molecule has 0 radical (unpaired) electrons. The Kier molecular flexibility index (Phi) is 4.39. The summed E-state index contributed by atoms with van der Waals surface area (Å²) in [5, 5.41) is 5.20. The van der Waals surface area contributed by atoms with Gasteiger partial charge in [0, 0.05) is 13.6 Å². The number of carbonyl (C=O) groups excluding carboxylic acids is 1. The van der Waals surface area contributed by atoms with E-state index in [0.29, 0.717) is 6.54 Å². The maximum absolute atomic E-state index is 12.6. The monoisotopic (exact) mass is 322 g/mol. The van der Waals surface area contributed by atoms with Gasteiger partial charge in [0.05, 0.1) is 0 Å². The van der Waals surface area contributed by atoms with Crippen LogP contribution in [-0.2, 0) is 16.6 Å². The summed E-state index contributed by atoms with van der Waals surface area (Å²) in [7, 11) is -2.43. The third kappa shape index (κ3) is 3.20. The van der Waals surface area contributed by atoms with Crippen LogP contribution in [0.15, 0.2) is 39.6 Å². The first-order valence-electron chi connectivity index (χ1n) is 6.64. The molecule has 22 heavy (non-hydrogen) atoms. The minimum Gasteiger partial charge on any atom is -0.464 e. The molecule has 1 amide bonds. The van der Waals surface area contributed by atoms with E-state index in [1.165, 1.54) is 11.8 Å². The van der Waals surface area contributed by atoms with Crippen molar-refractivity contribution in [2.75, 3.05) is 7.05 Å². The van der Waals surface area contributed by atoms with Gasteiger partial charge < -0.3 is 9.32 Å². The lowest BCUT2D eigenvalue weighted by Crippen LogP contribution is -2.28. The zero-order chi connectivity index (χ0) is 16.5. The van der Waals surface area contributed by atoms with Gasteiger partial charge in [-0.25, -0.2) is 13.6 Å². The van der Waals surface area contributed by atoms with Gasteiger partial charge in [0.25, 0.3) is 5.91 Å². The predicted octanol–water partition coefficient (Wildman–Crippen LogP) is 1.82. The number of furan rings is 1. The van der Waals surface area contributed by atoms with E-state index < -0.39 is 15.9 Å². The largest absolute Gasteiger partial charge is 0.464 e. The first-order valence-corrected chi connectivity index (χ1v) is 8.18. The average Bonchev–Trinajstić information content (AvgIpc) is 2.73. The summed E-state index contributed by atoms with van der Waals surface area (Å²) in [4.78, 5) is 13.8.